The molecule has 0 fully saturated rings. The number of nitrogens with zero attached hydrogens (tertiary/aromatic N) is 2. The smallest absolute Gasteiger partial charge is 0.170 e. The quantitative estimate of drug-likeness (QED) is 0.532. The average Bonchev–Trinajstić information content (AvgIpc) is 3.17. The molecule has 0 aliphatic rings. The molecule has 0 radical (unpaired) electrons. The van der Waals surface area contributed by atoms with E-state index in [1.807, 2.05) is 36.4 Å². The maximum absolute atomic E-state index is 12.9. The number of hydrogen-bond donors (Lipinski definition) is 1. The fourth-order valence-electron chi connectivity index (χ4n) is 2.81. The average molecular weight is 375 g/mol. The summed E-state index contributed by atoms with van der Waals surface area (Å²) in [5, 5.41) is 4.11. The molecule has 0 aliphatic carbocycles. The summed E-state index contributed by atoms with van der Waals surface area (Å²) in [6.07, 6.45) is 2.26. The van der Waals surface area contributed by atoms with E-state index < -0.39 is 0 Å². The third-order valence-corrected chi connectivity index (χ3v) is 4.29. The number of hydrogen-bond acceptors (Lipinski definition) is 5. The van der Waals surface area contributed by atoms with Gasteiger partial charge in [0, 0.05) is 18.7 Å². The van der Waals surface area contributed by atoms with Gasteiger partial charge in [-0.05, 0) is 47.5 Å². The highest BCUT2D eigenvalue weighted by molar-refractivity contribution is 5.69. The molecule has 0 aliphatic heterocycles. The van der Waals surface area contributed by atoms with Crippen LogP contribution >= 0.6 is 0 Å². The zero-order chi connectivity index (χ0) is 19.3. The minimum atomic E-state index is -0.254. The minimum Gasteiger partial charge on any atom is -0.489 e. The van der Waals surface area contributed by atoms with Crippen molar-refractivity contribution >= 4 is 5.82 Å². The predicted octanol–water partition coefficient (Wildman–Crippen LogP) is 4.63. The number of anilines is 1. The van der Waals surface area contributed by atoms with Crippen LogP contribution in [-0.2, 0) is 13.0 Å². The fourth-order valence-corrected chi connectivity index (χ4v) is 2.81. The highest BCUT2D eigenvalue weighted by atomic mass is 19.1. The number of ether oxygens (including phenoxy) is 1. The summed E-state index contributed by atoms with van der Waals surface area (Å²) >= 11 is 0. The van der Waals surface area contributed by atoms with Crippen LogP contribution in [0.4, 0.5) is 10.2 Å². The minimum absolute atomic E-state index is 0.254. The number of benzene rings is 2. The van der Waals surface area contributed by atoms with E-state index >= 15 is 0 Å². The first kappa shape index (κ1) is 17.7. The van der Waals surface area contributed by atoms with E-state index in [4.69, 9.17) is 15.0 Å². The van der Waals surface area contributed by atoms with Crippen molar-refractivity contribution in [3.63, 3.8) is 0 Å². The first-order valence-electron chi connectivity index (χ1n) is 8.80. The number of nitrogens with two attached hydrogens (primary N) is 1. The molecule has 4 rings (SSSR count). The molecule has 2 heterocycles. The SMILES string of the molecule is Nc1ncccc1-c1cc(Cc2ccc(OCc3ccc(F)cc3)cc2)no1. The standard InChI is InChI=1S/C22H18FN3O2/c23-17-7-3-16(4-8-17)14-27-19-9-5-15(6-10-19)12-18-13-21(28-26-18)20-2-1-11-25-22(20)24/h1-11,13H,12,14H2,(H2,24,25). The molecule has 0 spiro atoms. The second kappa shape index (κ2) is 7.92. The normalized spacial score (nSPS) is 10.8. The third kappa shape index (κ3) is 4.17. The Morgan fingerprint density at radius 2 is 1.71 bits per heavy atom. The van der Waals surface area contributed by atoms with Gasteiger partial charge in [-0.15, -0.1) is 0 Å². The van der Waals surface area contributed by atoms with Gasteiger partial charge in [-0.1, -0.05) is 29.4 Å². The number of nitrogen functional groups attached to an aromatic ring is 1. The summed E-state index contributed by atoms with van der Waals surface area (Å²) in [7, 11) is 0. The Labute approximate surface area is 161 Å². The van der Waals surface area contributed by atoms with E-state index in [0.717, 1.165) is 28.1 Å². The number of halogens is 1. The van der Waals surface area contributed by atoms with Crippen molar-refractivity contribution in [2.24, 2.45) is 0 Å². The molecule has 0 atom stereocenters. The highest BCUT2D eigenvalue weighted by Gasteiger charge is 2.10. The van der Waals surface area contributed by atoms with E-state index in [1.54, 1.807) is 24.4 Å². The molecule has 140 valence electrons. The van der Waals surface area contributed by atoms with Crippen LogP contribution < -0.4 is 10.5 Å². The summed E-state index contributed by atoms with van der Waals surface area (Å²) in [6, 6.07) is 19.5. The van der Waals surface area contributed by atoms with Gasteiger partial charge in [0.2, 0.25) is 0 Å². The summed E-state index contributed by atoms with van der Waals surface area (Å²) in [4.78, 5) is 4.06. The summed E-state index contributed by atoms with van der Waals surface area (Å²) < 4.78 is 24.1. The van der Waals surface area contributed by atoms with Gasteiger partial charge in [0.05, 0.1) is 11.3 Å². The molecule has 0 saturated heterocycles. The number of aromatic nitrogens is 2. The van der Waals surface area contributed by atoms with Crippen molar-refractivity contribution in [3.8, 4) is 17.1 Å². The van der Waals surface area contributed by atoms with Crippen LogP contribution in [0.5, 0.6) is 5.75 Å². The lowest BCUT2D eigenvalue weighted by Crippen LogP contribution is -1.96. The Bertz CT molecular complexity index is 1060. The van der Waals surface area contributed by atoms with Crippen molar-refractivity contribution < 1.29 is 13.7 Å². The van der Waals surface area contributed by atoms with Crippen LogP contribution in [0, 0.1) is 5.82 Å². The fraction of sp³-hybridized carbons (Fsp3) is 0.0909. The van der Waals surface area contributed by atoms with Crippen LogP contribution in [0.2, 0.25) is 0 Å². The molecule has 28 heavy (non-hydrogen) atoms. The number of pyridine rings is 1. The lowest BCUT2D eigenvalue weighted by atomic mass is 10.1. The van der Waals surface area contributed by atoms with Crippen molar-refractivity contribution in [2.75, 3.05) is 5.73 Å². The molecule has 0 saturated carbocycles. The van der Waals surface area contributed by atoms with Crippen LogP contribution in [0.3, 0.4) is 0 Å². The van der Waals surface area contributed by atoms with Crippen molar-refractivity contribution in [3.05, 3.63) is 95.6 Å². The highest BCUT2D eigenvalue weighted by Crippen LogP contribution is 2.25. The van der Waals surface area contributed by atoms with Gasteiger partial charge in [-0.25, -0.2) is 9.37 Å². The van der Waals surface area contributed by atoms with Crippen LogP contribution in [0.1, 0.15) is 16.8 Å². The van der Waals surface area contributed by atoms with E-state index in [1.165, 1.54) is 12.1 Å². The Morgan fingerprint density at radius 1 is 0.964 bits per heavy atom. The van der Waals surface area contributed by atoms with Gasteiger partial charge in [0.1, 0.15) is 24.0 Å². The lowest BCUT2D eigenvalue weighted by molar-refractivity contribution is 0.306. The van der Waals surface area contributed by atoms with E-state index in [2.05, 4.69) is 10.1 Å². The van der Waals surface area contributed by atoms with Gasteiger partial charge in [0.25, 0.3) is 0 Å². The van der Waals surface area contributed by atoms with Crippen molar-refractivity contribution in [1.29, 1.82) is 0 Å². The third-order valence-electron chi connectivity index (χ3n) is 4.29. The monoisotopic (exact) mass is 375 g/mol. The second-order valence-electron chi connectivity index (χ2n) is 6.35. The molecule has 2 N–H and O–H groups in total. The molecule has 4 aromatic rings. The topological polar surface area (TPSA) is 74.2 Å². The van der Waals surface area contributed by atoms with Crippen molar-refractivity contribution in [1.82, 2.24) is 10.1 Å². The Morgan fingerprint density at radius 3 is 2.46 bits per heavy atom. The summed E-state index contributed by atoms with van der Waals surface area (Å²) in [5.41, 5.74) is 9.40. The zero-order valence-corrected chi connectivity index (χ0v) is 15.0. The molecule has 2 aromatic carbocycles. The van der Waals surface area contributed by atoms with Crippen LogP contribution in [-0.4, -0.2) is 10.1 Å². The van der Waals surface area contributed by atoms with Crippen LogP contribution in [0.15, 0.2) is 77.4 Å². The van der Waals surface area contributed by atoms with Gasteiger partial charge in [0.15, 0.2) is 5.76 Å². The van der Waals surface area contributed by atoms with Gasteiger partial charge in [-0.2, -0.15) is 0 Å². The summed E-state index contributed by atoms with van der Waals surface area (Å²) in [5.74, 6) is 1.50. The molecule has 2 aromatic heterocycles. The van der Waals surface area contributed by atoms with Crippen molar-refractivity contribution in [2.45, 2.75) is 13.0 Å². The Balaban J connectivity index is 1.38. The van der Waals surface area contributed by atoms with Gasteiger partial charge in [-0.3, -0.25) is 0 Å². The maximum Gasteiger partial charge on any atom is 0.170 e. The Kier molecular flexibility index (Phi) is 5.01. The maximum atomic E-state index is 12.9. The lowest BCUT2D eigenvalue weighted by Gasteiger charge is -2.07. The van der Waals surface area contributed by atoms with Gasteiger partial charge >= 0.3 is 0 Å². The first-order valence-corrected chi connectivity index (χ1v) is 8.80. The molecule has 0 bridgehead atoms. The summed E-state index contributed by atoms with van der Waals surface area (Å²) in [6.45, 7) is 0.388. The predicted molar refractivity (Wildman–Crippen MR) is 104 cm³/mol. The molecule has 0 unspecified atom stereocenters. The van der Waals surface area contributed by atoms with E-state index in [9.17, 15) is 4.39 Å². The van der Waals surface area contributed by atoms with E-state index in [-0.39, 0.29) is 5.82 Å². The molecule has 0 amide bonds. The molecule has 6 heteroatoms. The Hall–Kier alpha value is -3.67. The van der Waals surface area contributed by atoms with Gasteiger partial charge < -0.3 is 15.0 Å². The molecular weight excluding hydrogens is 357 g/mol. The molecular formula is C22H18FN3O2. The zero-order valence-electron chi connectivity index (χ0n) is 15.0. The van der Waals surface area contributed by atoms with E-state index in [0.29, 0.717) is 24.6 Å². The number of rotatable bonds is 6. The molecule has 5 nitrogen and oxygen atoms in total. The second-order valence-corrected chi connectivity index (χ2v) is 6.35. The van der Waals surface area contributed by atoms with Crippen LogP contribution in [0.25, 0.3) is 11.3 Å². The first-order chi connectivity index (χ1) is 13.7. The largest absolute Gasteiger partial charge is 0.489 e.